The average molecular weight is 503 g/mol. The van der Waals surface area contributed by atoms with Gasteiger partial charge in [0.25, 0.3) is 5.91 Å². The maximum Gasteiger partial charge on any atom is 0.263 e. The van der Waals surface area contributed by atoms with Crippen molar-refractivity contribution < 1.29 is 28.4 Å². The highest BCUT2D eigenvalue weighted by molar-refractivity contribution is 7.85. The van der Waals surface area contributed by atoms with Crippen LogP contribution in [0.1, 0.15) is 43.7 Å². The zero-order valence-corrected chi connectivity index (χ0v) is 21.1. The minimum atomic E-state index is -1.56. The number of carbonyl (C=O) groups excluding carboxylic acids is 1. The predicted molar refractivity (Wildman–Crippen MR) is 133 cm³/mol. The van der Waals surface area contributed by atoms with Gasteiger partial charge >= 0.3 is 0 Å². The molecule has 1 unspecified atom stereocenters. The molecule has 35 heavy (non-hydrogen) atoms. The highest BCUT2D eigenvalue weighted by atomic mass is 32.2. The Hall–Kier alpha value is -2.46. The van der Waals surface area contributed by atoms with Gasteiger partial charge in [-0.1, -0.05) is 13.0 Å². The van der Waals surface area contributed by atoms with Crippen LogP contribution in [0.3, 0.4) is 0 Å². The van der Waals surface area contributed by atoms with Crippen molar-refractivity contribution in [2.75, 3.05) is 26.3 Å². The molecule has 0 radical (unpaired) electrons. The van der Waals surface area contributed by atoms with E-state index in [1.165, 1.54) is 11.1 Å². The number of piperidine rings is 1. The largest absolute Gasteiger partial charge is 0.490 e. The van der Waals surface area contributed by atoms with E-state index in [1.807, 2.05) is 34.6 Å². The molecular formula is C26H34N2O6S. The fourth-order valence-corrected chi connectivity index (χ4v) is 6.41. The van der Waals surface area contributed by atoms with Gasteiger partial charge in [-0.3, -0.25) is 10.0 Å². The highest BCUT2D eigenvalue weighted by Gasteiger charge is 2.48. The van der Waals surface area contributed by atoms with E-state index in [0.29, 0.717) is 52.0 Å². The molecule has 2 aromatic rings. The molecule has 190 valence electrons. The summed E-state index contributed by atoms with van der Waals surface area (Å²) in [6, 6.07) is 13.8. The summed E-state index contributed by atoms with van der Waals surface area (Å²) in [4.78, 5) is 12.4. The van der Waals surface area contributed by atoms with Crippen LogP contribution in [0.2, 0.25) is 0 Å². The SMILES string of the molecule is CCc1cc(C)cc(Oc2ccc(OC3CCN(S(=O)C4(C(=O)NO)CCOCC4)CC3)cc2)c1. The number of ether oxygens (including phenoxy) is 3. The van der Waals surface area contributed by atoms with Crippen LogP contribution in [0.25, 0.3) is 0 Å². The Labute approximate surface area is 209 Å². The summed E-state index contributed by atoms with van der Waals surface area (Å²) in [5.74, 6) is 1.74. The summed E-state index contributed by atoms with van der Waals surface area (Å²) in [6.45, 7) is 5.99. The van der Waals surface area contributed by atoms with Gasteiger partial charge in [-0.15, -0.1) is 0 Å². The minimum Gasteiger partial charge on any atom is -0.490 e. The van der Waals surface area contributed by atoms with Crippen LogP contribution in [0, 0.1) is 6.92 Å². The van der Waals surface area contributed by atoms with E-state index in [1.54, 1.807) is 5.48 Å². The molecule has 0 aliphatic carbocycles. The first-order chi connectivity index (χ1) is 16.9. The quantitative estimate of drug-likeness (QED) is 0.420. The van der Waals surface area contributed by atoms with Crippen molar-refractivity contribution in [1.82, 2.24) is 9.79 Å². The number of aryl methyl sites for hydroxylation is 2. The van der Waals surface area contributed by atoms with E-state index < -0.39 is 21.6 Å². The van der Waals surface area contributed by atoms with Crippen molar-refractivity contribution >= 4 is 16.9 Å². The monoisotopic (exact) mass is 502 g/mol. The van der Waals surface area contributed by atoms with Crippen LogP contribution in [-0.4, -0.2) is 56.8 Å². The molecule has 1 atom stereocenters. The number of amides is 1. The Bertz CT molecular complexity index is 1030. The first kappa shape index (κ1) is 25.6. The molecule has 0 saturated carbocycles. The number of nitrogens with zero attached hydrogens (tertiary/aromatic N) is 1. The predicted octanol–water partition coefficient (Wildman–Crippen LogP) is 3.91. The normalized spacial score (nSPS) is 19.6. The number of hydrogen-bond acceptors (Lipinski definition) is 6. The summed E-state index contributed by atoms with van der Waals surface area (Å²) in [5.41, 5.74) is 4.13. The molecule has 2 aromatic carbocycles. The van der Waals surface area contributed by atoms with Gasteiger partial charge in [0.15, 0.2) is 0 Å². The smallest absolute Gasteiger partial charge is 0.263 e. The van der Waals surface area contributed by atoms with Crippen molar-refractivity contribution in [1.29, 1.82) is 0 Å². The molecule has 2 saturated heterocycles. The molecule has 1 amide bonds. The van der Waals surface area contributed by atoms with Crippen LogP contribution in [0.4, 0.5) is 0 Å². The lowest BCUT2D eigenvalue weighted by Crippen LogP contribution is -2.57. The van der Waals surface area contributed by atoms with Crippen molar-refractivity contribution in [3.05, 3.63) is 53.6 Å². The number of rotatable bonds is 8. The standard InChI is InChI=1S/C26H34N2O6S/c1-3-20-16-19(2)17-24(18-20)34-22-6-4-21(5-7-22)33-23-8-12-28(13-9-23)35(31)26(25(29)27-30)10-14-32-15-11-26/h4-7,16-18,23,30H,3,8-15H2,1-2H3,(H,27,29). The summed E-state index contributed by atoms with van der Waals surface area (Å²) >= 11 is 0. The zero-order valence-electron chi connectivity index (χ0n) is 20.3. The van der Waals surface area contributed by atoms with Crippen molar-refractivity contribution in [2.24, 2.45) is 0 Å². The third kappa shape index (κ3) is 6.03. The van der Waals surface area contributed by atoms with Gasteiger partial charge in [-0.05, 0) is 86.6 Å². The maximum atomic E-state index is 13.3. The van der Waals surface area contributed by atoms with Crippen LogP contribution in [-0.2, 0) is 26.9 Å². The van der Waals surface area contributed by atoms with Gasteiger partial charge in [0.2, 0.25) is 0 Å². The lowest BCUT2D eigenvalue weighted by atomic mass is 9.98. The topological polar surface area (TPSA) is 97.3 Å². The first-order valence-corrected chi connectivity index (χ1v) is 13.3. The Morgan fingerprint density at radius 2 is 1.77 bits per heavy atom. The third-order valence-corrected chi connectivity index (χ3v) is 8.76. The van der Waals surface area contributed by atoms with Gasteiger partial charge in [-0.2, -0.15) is 0 Å². The number of carbonyl (C=O) groups is 1. The Balaban J connectivity index is 1.31. The minimum absolute atomic E-state index is 0.00351. The van der Waals surface area contributed by atoms with E-state index in [0.717, 1.165) is 23.7 Å². The van der Waals surface area contributed by atoms with E-state index in [4.69, 9.17) is 14.2 Å². The Morgan fingerprint density at radius 1 is 1.11 bits per heavy atom. The zero-order chi connectivity index (χ0) is 24.8. The molecule has 9 heteroatoms. The second-order valence-electron chi connectivity index (χ2n) is 9.12. The Morgan fingerprint density at radius 3 is 2.40 bits per heavy atom. The molecule has 2 aliphatic rings. The fourth-order valence-electron chi connectivity index (χ4n) is 4.65. The maximum absolute atomic E-state index is 13.3. The summed E-state index contributed by atoms with van der Waals surface area (Å²) in [7, 11) is -1.56. The molecule has 2 N–H and O–H groups in total. The Kier molecular flexibility index (Phi) is 8.43. The molecule has 2 aliphatic heterocycles. The van der Waals surface area contributed by atoms with Crippen molar-refractivity contribution in [3.63, 3.8) is 0 Å². The molecule has 0 aromatic heterocycles. The fraction of sp³-hybridized carbons (Fsp3) is 0.500. The van der Waals surface area contributed by atoms with Gasteiger partial charge in [0.05, 0.1) is 0 Å². The van der Waals surface area contributed by atoms with Crippen molar-refractivity contribution in [3.8, 4) is 17.2 Å². The molecule has 8 nitrogen and oxygen atoms in total. The van der Waals surface area contributed by atoms with Crippen molar-refractivity contribution in [2.45, 2.75) is 56.8 Å². The number of nitrogens with one attached hydrogen (secondary N) is 1. The lowest BCUT2D eigenvalue weighted by Gasteiger charge is -2.40. The number of hydrogen-bond donors (Lipinski definition) is 2. The summed E-state index contributed by atoms with van der Waals surface area (Å²) in [5, 5.41) is 9.22. The molecule has 2 fully saturated rings. The van der Waals surface area contributed by atoms with Crippen LogP contribution in [0.5, 0.6) is 17.2 Å². The van der Waals surface area contributed by atoms with Gasteiger partial charge in [0, 0.05) is 26.3 Å². The highest BCUT2D eigenvalue weighted by Crippen LogP contribution is 2.32. The number of benzene rings is 2. The second kappa shape index (κ2) is 11.5. The van der Waals surface area contributed by atoms with E-state index in [2.05, 4.69) is 26.0 Å². The van der Waals surface area contributed by atoms with Crippen LogP contribution in [0.15, 0.2) is 42.5 Å². The van der Waals surface area contributed by atoms with E-state index >= 15 is 0 Å². The van der Waals surface area contributed by atoms with E-state index in [9.17, 15) is 14.2 Å². The molecule has 4 rings (SSSR count). The van der Waals surface area contributed by atoms with Gasteiger partial charge in [-0.25, -0.2) is 14.0 Å². The molecule has 0 bridgehead atoms. The summed E-state index contributed by atoms with van der Waals surface area (Å²) in [6.07, 6.45) is 2.98. The molecular weight excluding hydrogens is 468 g/mol. The first-order valence-electron chi connectivity index (χ1n) is 12.2. The lowest BCUT2D eigenvalue weighted by molar-refractivity contribution is -0.134. The molecule has 0 spiro atoms. The summed E-state index contributed by atoms with van der Waals surface area (Å²) < 4.78 is 31.6. The van der Waals surface area contributed by atoms with Gasteiger partial charge < -0.3 is 14.2 Å². The van der Waals surface area contributed by atoms with Crippen LogP contribution < -0.4 is 15.0 Å². The number of hydroxylamine groups is 1. The third-order valence-electron chi connectivity index (χ3n) is 6.67. The van der Waals surface area contributed by atoms with Gasteiger partial charge in [0.1, 0.15) is 39.1 Å². The second-order valence-corrected chi connectivity index (χ2v) is 10.9. The van der Waals surface area contributed by atoms with E-state index in [-0.39, 0.29) is 6.10 Å². The average Bonchev–Trinajstić information content (AvgIpc) is 2.89. The molecule has 2 heterocycles. The van der Waals surface area contributed by atoms with Crippen LogP contribution >= 0.6 is 0 Å².